The van der Waals surface area contributed by atoms with E-state index < -0.39 is 65.6 Å². The van der Waals surface area contributed by atoms with E-state index in [1.165, 1.54) is 6.92 Å². The fourth-order valence-corrected chi connectivity index (χ4v) is 5.10. The number of esters is 1. The van der Waals surface area contributed by atoms with Gasteiger partial charge in [0.1, 0.15) is 12.2 Å². The van der Waals surface area contributed by atoms with Gasteiger partial charge in [-0.2, -0.15) is 0 Å². The Morgan fingerprint density at radius 3 is 2.27 bits per heavy atom. The molecule has 0 aromatic heterocycles. The lowest BCUT2D eigenvalue weighted by Gasteiger charge is -2.48. The van der Waals surface area contributed by atoms with Gasteiger partial charge in [-0.05, 0) is 24.0 Å². The van der Waals surface area contributed by atoms with E-state index in [-0.39, 0.29) is 18.8 Å². The molecule has 0 saturated carbocycles. The fraction of sp³-hybridized carbons (Fsp3) is 0.520. The highest BCUT2D eigenvalue weighted by atomic mass is 16.8. The van der Waals surface area contributed by atoms with Gasteiger partial charge in [0.15, 0.2) is 5.79 Å². The lowest BCUT2D eigenvalue weighted by Crippen LogP contribution is -2.75. The first-order valence-electron chi connectivity index (χ1n) is 11.6. The van der Waals surface area contributed by atoms with Crippen molar-refractivity contribution in [2.24, 2.45) is 5.92 Å². The van der Waals surface area contributed by atoms with Gasteiger partial charge < -0.3 is 39.7 Å². The van der Waals surface area contributed by atoms with E-state index in [9.17, 15) is 44.7 Å². The minimum absolute atomic E-state index is 0.0817. The molecule has 12 nitrogen and oxygen atoms in total. The van der Waals surface area contributed by atoms with Crippen LogP contribution in [-0.2, 0) is 39.8 Å². The highest BCUT2D eigenvalue weighted by Crippen LogP contribution is 2.54. The lowest BCUT2D eigenvalue weighted by molar-refractivity contribution is -0.372. The van der Waals surface area contributed by atoms with Crippen molar-refractivity contribution in [2.75, 3.05) is 0 Å². The third kappa shape index (κ3) is 4.85. The molecule has 0 aliphatic carbocycles. The Labute approximate surface area is 212 Å². The topological polar surface area (TPSA) is 197 Å². The number of ether oxygens (including phenoxy) is 3. The van der Waals surface area contributed by atoms with Gasteiger partial charge >= 0.3 is 23.9 Å². The Morgan fingerprint density at radius 1 is 1.14 bits per heavy atom. The second-order valence-electron chi connectivity index (χ2n) is 9.53. The van der Waals surface area contributed by atoms with E-state index in [0.717, 1.165) is 5.56 Å². The molecule has 0 radical (unpaired) electrons. The number of aliphatic carboxylic acids is 3. The molecular weight excluding hydrogens is 492 g/mol. The number of hydrogen-bond acceptors (Lipinski definition) is 9. The maximum atomic E-state index is 12.2. The monoisotopic (exact) mass is 522 g/mol. The Balaban J connectivity index is 1.88. The molecule has 7 atom stereocenters. The zero-order valence-corrected chi connectivity index (χ0v) is 20.3. The molecule has 2 bridgehead atoms. The number of carbonyl (C=O) groups excluding carboxylic acids is 1. The molecule has 1 aromatic rings. The third-order valence-electron chi connectivity index (χ3n) is 6.95. The summed E-state index contributed by atoms with van der Waals surface area (Å²) in [6, 6.07) is 9.40. The van der Waals surface area contributed by atoms with E-state index in [1.807, 2.05) is 37.3 Å². The molecule has 202 valence electrons. The first-order chi connectivity index (χ1) is 17.2. The van der Waals surface area contributed by atoms with Crippen LogP contribution in [0.1, 0.15) is 38.7 Å². The molecule has 7 unspecified atom stereocenters. The van der Waals surface area contributed by atoms with Crippen LogP contribution in [0.4, 0.5) is 0 Å². The Bertz CT molecular complexity index is 1090. The van der Waals surface area contributed by atoms with E-state index in [4.69, 9.17) is 14.2 Å². The summed E-state index contributed by atoms with van der Waals surface area (Å²) in [4.78, 5) is 47.7. The van der Waals surface area contributed by atoms with Gasteiger partial charge in [0, 0.05) is 25.7 Å². The Kier molecular flexibility index (Phi) is 7.80. The number of carboxylic acids is 3. The van der Waals surface area contributed by atoms with E-state index in [0.29, 0.717) is 12.0 Å². The van der Waals surface area contributed by atoms with Gasteiger partial charge in [-0.15, -0.1) is 0 Å². The van der Waals surface area contributed by atoms with Crippen LogP contribution < -0.4 is 0 Å². The van der Waals surface area contributed by atoms with Crippen molar-refractivity contribution < 1.29 is 58.9 Å². The van der Waals surface area contributed by atoms with E-state index in [2.05, 4.69) is 6.58 Å². The number of rotatable bonds is 11. The molecule has 5 N–H and O–H groups in total. The molecular formula is C25H30O12. The molecule has 2 heterocycles. The van der Waals surface area contributed by atoms with Crippen molar-refractivity contribution in [3.05, 3.63) is 48.0 Å². The second-order valence-corrected chi connectivity index (χ2v) is 9.53. The molecule has 2 aliphatic heterocycles. The van der Waals surface area contributed by atoms with Gasteiger partial charge in [-0.1, -0.05) is 43.8 Å². The first-order valence-corrected chi connectivity index (χ1v) is 11.6. The molecule has 2 saturated heterocycles. The standard InChI is InChI=1S/C25H30O12/c1-13(18(35-15(3)26)14(2)11-16-7-5-4-6-8-16)9-10-24-17(27)12-23(37-24,21(30)31)25(34,22(32)33)19(36-24)20(28)29/h4-8,14,17-19,27,34H,1,9-12H2,2-3H3,(H,28,29)(H,30,31)(H,32,33). The Morgan fingerprint density at radius 2 is 1.76 bits per heavy atom. The van der Waals surface area contributed by atoms with Crippen LogP contribution in [0.25, 0.3) is 0 Å². The largest absolute Gasteiger partial charge is 0.479 e. The van der Waals surface area contributed by atoms with E-state index in [1.54, 1.807) is 0 Å². The second kappa shape index (κ2) is 10.2. The van der Waals surface area contributed by atoms with Crippen LogP contribution in [0.15, 0.2) is 42.5 Å². The predicted molar refractivity (Wildman–Crippen MR) is 123 cm³/mol. The first kappa shape index (κ1) is 28.3. The van der Waals surface area contributed by atoms with Crippen molar-refractivity contribution in [3.63, 3.8) is 0 Å². The summed E-state index contributed by atoms with van der Waals surface area (Å²) in [5.41, 5.74) is -5.21. The SMILES string of the molecule is C=C(CCC12OC(C(=O)O)C(O)(C(=O)O)C(C(=O)O)(CC1O)O2)C(OC(C)=O)C(C)Cc1ccccc1. The highest BCUT2D eigenvalue weighted by molar-refractivity contribution is 5.97. The highest BCUT2D eigenvalue weighted by Gasteiger charge is 2.80. The number of fused-ring (bicyclic) bond motifs is 2. The molecule has 12 heteroatoms. The summed E-state index contributed by atoms with van der Waals surface area (Å²) in [7, 11) is 0. The van der Waals surface area contributed by atoms with Gasteiger partial charge in [-0.3, -0.25) is 4.79 Å². The van der Waals surface area contributed by atoms with Crippen LogP contribution in [0, 0.1) is 5.92 Å². The molecule has 2 aliphatic rings. The zero-order chi connectivity index (χ0) is 27.8. The van der Waals surface area contributed by atoms with Crippen LogP contribution >= 0.6 is 0 Å². The maximum absolute atomic E-state index is 12.2. The smallest absolute Gasteiger partial charge is 0.342 e. The average Bonchev–Trinajstić information content (AvgIpc) is 3.09. The normalized spacial score (nSPS) is 32.2. The van der Waals surface area contributed by atoms with Crippen molar-refractivity contribution in [2.45, 2.75) is 74.8 Å². The summed E-state index contributed by atoms with van der Waals surface area (Å²) in [5.74, 6) is -9.22. The van der Waals surface area contributed by atoms with Crippen molar-refractivity contribution in [1.29, 1.82) is 0 Å². The number of benzene rings is 1. The summed E-state index contributed by atoms with van der Waals surface area (Å²) in [5, 5.41) is 50.6. The number of hydrogen-bond donors (Lipinski definition) is 5. The lowest BCUT2D eigenvalue weighted by atomic mass is 9.76. The van der Waals surface area contributed by atoms with Crippen LogP contribution in [0.2, 0.25) is 0 Å². The molecule has 0 amide bonds. The molecule has 0 spiro atoms. The number of carbonyl (C=O) groups is 4. The van der Waals surface area contributed by atoms with E-state index >= 15 is 0 Å². The molecule has 2 fully saturated rings. The zero-order valence-electron chi connectivity index (χ0n) is 20.3. The molecule has 37 heavy (non-hydrogen) atoms. The summed E-state index contributed by atoms with van der Waals surface area (Å²) in [6.45, 7) is 7.04. The summed E-state index contributed by atoms with van der Waals surface area (Å²) >= 11 is 0. The third-order valence-corrected chi connectivity index (χ3v) is 6.95. The van der Waals surface area contributed by atoms with Crippen LogP contribution in [0.3, 0.4) is 0 Å². The quantitative estimate of drug-likeness (QED) is 0.202. The van der Waals surface area contributed by atoms with Gasteiger partial charge in [-0.25, -0.2) is 14.4 Å². The van der Waals surface area contributed by atoms with Crippen molar-refractivity contribution in [1.82, 2.24) is 0 Å². The number of aliphatic hydroxyl groups is 2. The van der Waals surface area contributed by atoms with Gasteiger partial charge in [0.05, 0.1) is 0 Å². The molecule has 3 rings (SSSR count). The fourth-order valence-electron chi connectivity index (χ4n) is 5.10. The minimum atomic E-state index is -3.53. The summed E-state index contributed by atoms with van der Waals surface area (Å²) in [6.07, 6.45) is -6.04. The van der Waals surface area contributed by atoms with Gasteiger partial charge in [0.2, 0.25) is 17.3 Å². The number of carboxylic acid groups (broad SMARTS) is 3. The van der Waals surface area contributed by atoms with Crippen LogP contribution in [0.5, 0.6) is 0 Å². The maximum Gasteiger partial charge on any atom is 0.342 e. The average molecular weight is 523 g/mol. The Hall–Kier alpha value is -3.32. The minimum Gasteiger partial charge on any atom is -0.479 e. The van der Waals surface area contributed by atoms with Crippen molar-refractivity contribution >= 4 is 23.9 Å². The predicted octanol–water partition coefficient (Wildman–Crippen LogP) is 0.733. The molecule has 1 aromatic carbocycles. The number of aliphatic hydroxyl groups excluding tert-OH is 1. The van der Waals surface area contributed by atoms with Crippen molar-refractivity contribution in [3.8, 4) is 0 Å². The summed E-state index contributed by atoms with van der Waals surface area (Å²) < 4.78 is 16.3. The van der Waals surface area contributed by atoms with Crippen LogP contribution in [-0.4, -0.2) is 84.7 Å². The van der Waals surface area contributed by atoms with Gasteiger partial charge in [0.25, 0.3) is 0 Å².